The van der Waals surface area contributed by atoms with Gasteiger partial charge in [0, 0.05) is 24.7 Å². The number of aryl methyl sites for hydroxylation is 1. The van der Waals surface area contributed by atoms with Gasteiger partial charge < -0.3 is 14.6 Å². The Bertz CT molecular complexity index is 441. The molecule has 3 rings (SSSR count). The van der Waals surface area contributed by atoms with Crippen LogP contribution >= 0.6 is 0 Å². The van der Waals surface area contributed by atoms with E-state index in [0.29, 0.717) is 11.8 Å². The summed E-state index contributed by atoms with van der Waals surface area (Å²) < 4.78 is 5.30. The lowest BCUT2D eigenvalue weighted by atomic mass is 9.88. The van der Waals surface area contributed by atoms with Gasteiger partial charge in [-0.25, -0.2) is 0 Å². The Kier molecular flexibility index (Phi) is 3.60. The molecule has 1 unspecified atom stereocenters. The van der Waals surface area contributed by atoms with Crippen LogP contribution in [-0.4, -0.2) is 36.5 Å². The lowest BCUT2D eigenvalue weighted by Crippen LogP contribution is -2.43. The molecule has 2 aliphatic heterocycles. The number of piperidine rings is 1. The fraction of sp³-hybridized carbons (Fsp3) is 0.667. The highest BCUT2D eigenvalue weighted by atomic mass is 16.3. The molecule has 0 bridgehead atoms. The van der Waals surface area contributed by atoms with Gasteiger partial charge in [-0.15, -0.1) is 0 Å². The van der Waals surface area contributed by atoms with Crippen LogP contribution in [0.1, 0.15) is 41.8 Å². The molecule has 0 aliphatic carbocycles. The standard InChI is InChI=1S/C15H22N2O2/c1-11-6-10-19-14(11)15(18)17-8-4-12(5-9-17)13-3-2-7-16-13/h6,10,12-13,16H,2-5,7-9H2,1H3. The summed E-state index contributed by atoms with van der Waals surface area (Å²) in [6, 6.07) is 2.53. The molecule has 2 fully saturated rings. The maximum atomic E-state index is 12.3. The molecule has 1 amide bonds. The van der Waals surface area contributed by atoms with E-state index in [4.69, 9.17) is 4.42 Å². The molecule has 0 saturated carbocycles. The van der Waals surface area contributed by atoms with Crippen LogP contribution in [0.2, 0.25) is 0 Å². The smallest absolute Gasteiger partial charge is 0.289 e. The van der Waals surface area contributed by atoms with E-state index in [0.717, 1.165) is 44.0 Å². The lowest BCUT2D eigenvalue weighted by Gasteiger charge is -2.34. The summed E-state index contributed by atoms with van der Waals surface area (Å²) in [5.41, 5.74) is 0.935. The van der Waals surface area contributed by atoms with Crippen molar-refractivity contribution in [3.05, 3.63) is 23.7 Å². The Morgan fingerprint density at radius 1 is 1.37 bits per heavy atom. The third-order valence-corrected chi connectivity index (χ3v) is 4.55. The summed E-state index contributed by atoms with van der Waals surface area (Å²) in [6.45, 7) is 4.81. The summed E-state index contributed by atoms with van der Waals surface area (Å²) in [4.78, 5) is 14.3. The van der Waals surface area contributed by atoms with Crippen LogP contribution in [0, 0.1) is 12.8 Å². The molecule has 19 heavy (non-hydrogen) atoms. The van der Waals surface area contributed by atoms with E-state index in [1.54, 1.807) is 6.26 Å². The van der Waals surface area contributed by atoms with Gasteiger partial charge in [0.05, 0.1) is 6.26 Å². The molecule has 1 aromatic rings. The molecule has 2 saturated heterocycles. The normalized spacial score (nSPS) is 24.9. The van der Waals surface area contributed by atoms with Gasteiger partial charge in [0.15, 0.2) is 5.76 Å². The number of amides is 1. The molecular formula is C15H22N2O2. The van der Waals surface area contributed by atoms with Crippen molar-refractivity contribution in [1.82, 2.24) is 10.2 Å². The van der Waals surface area contributed by atoms with Crippen molar-refractivity contribution >= 4 is 5.91 Å². The van der Waals surface area contributed by atoms with Gasteiger partial charge >= 0.3 is 0 Å². The second-order valence-electron chi connectivity index (χ2n) is 5.77. The maximum Gasteiger partial charge on any atom is 0.289 e. The number of carbonyl (C=O) groups excluding carboxylic acids is 1. The summed E-state index contributed by atoms with van der Waals surface area (Å²) in [5, 5.41) is 3.59. The Morgan fingerprint density at radius 3 is 2.74 bits per heavy atom. The summed E-state index contributed by atoms with van der Waals surface area (Å²) in [5.74, 6) is 1.31. The number of hydrogen-bond acceptors (Lipinski definition) is 3. The average Bonchev–Trinajstić information content (AvgIpc) is 3.09. The average molecular weight is 262 g/mol. The molecule has 0 radical (unpaired) electrons. The van der Waals surface area contributed by atoms with E-state index < -0.39 is 0 Å². The number of rotatable bonds is 2. The maximum absolute atomic E-state index is 12.3. The second kappa shape index (κ2) is 5.37. The first-order chi connectivity index (χ1) is 9.25. The third-order valence-electron chi connectivity index (χ3n) is 4.55. The summed E-state index contributed by atoms with van der Waals surface area (Å²) in [6.07, 6.45) is 6.43. The molecule has 104 valence electrons. The first-order valence-electron chi connectivity index (χ1n) is 7.32. The molecule has 4 nitrogen and oxygen atoms in total. The summed E-state index contributed by atoms with van der Waals surface area (Å²) in [7, 11) is 0. The number of furan rings is 1. The van der Waals surface area contributed by atoms with Gasteiger partial charge in [0.2, 0.25) is 0 Å². The van der Waals surface area contributed by atoms with Crippen LogP contribution in [0.3, 0.4) is 0 Å². The fourth-order valence-electron chi connectivity index (χ4n) is 3.35. The van der Waals surface area contributed by atoms with Crippen LogP contribution in [-0.2, 0) is 0 Å². The zero-order chi connectivity index (χ0) is 13.2. The highest BCUT2D eigenvalue weighted by molar-refractivity contribution is 5.92. The van der Waals surface area contributed by atoms with Crippen LogP contribution in [0.5, 0.6) is 0 Å². The van der Waals surface area contributed by atoms with Crippen molar-refractivity contribution in [1.29, 1.82) is 0 Å². The monoisotopic (exact) mass is 262 g/mol. The Morgan fingerprint density at radius 2 is 2.16 bits per heavy atom. The van der Waals surface area contributed by atoms with Gasteiger partial charge in [-0.2, -0.15) is 0 Å². The molecule has 4 heteroatoms. The van der Waals surface area contributed by atoms with E-state index in [-0.39, 0.29) is 5.91 Å². The van der Waals surface area contributed by atoms with Crippen molar-refractivity contribution in [2.45, 2.75) is 38.6 Å². The first-order valence-corrected chi connectivity index (χ1v) is 7.32. The quantitative estimate of drug-likeness (QED) is 0.888. The van der Waals surface area contributed by atoms with E-state index >= 15 is 0 Å². The van der Waals surface area contributed by atoms with Crippen molar-refractivity contribution in [2.24, 2.45) is 5.92 Å². The van der Waals surface area contributed by atoms with Crippen molar-refractivity contribution in [2.75, 3.05) is 19.6 Å². The van der Waals surface area contributed by atoms with Gasteiger partial charge in [0.1, 0.15) is 0 Å². The highest BCUT2D eigenvalue weighted by Crippen LogP contribution is 2.26. The number of nitrogens with zero attached hydrogens (tertiary/aromatic N) is 1. The molecule has 1 atom stereocenters. The number of hydrogen-bond donors (Lipinski definition) is 1. The minimum absolute atomic E-state index is 0.0559. The SMILES string of the molecule is Cc1ccoc1C(=O)N1CCC(C2CCCN2)CC1. The van der Waals surface area contributed by atoms with Crippen molar-refractivity contribution in [3.8, 4) is 0 Å². The highest BCUT2D eigenvalue weighted by Gasteiger charge is 2.31. The number of likely N-dealkylation sites (tertiary alicyclic amines) is 1. The first kappa shape index (κ1) is 12.7. The topological polar surface area (TPSA) is 45.5 Å². The molecule has 1 N–H and O–H groups in total. The van der Waals surface area contributed by atoms with Crippen molar-refractivity contribution in [3.63, 3.8) is 0 Å². The predicted octanol–water partition coefficient (Wildman–Crippen LogP) is 2.19. The molecule has 0 aromatic carbocycles. The van der Waals surface area contributed by atoms with Crippen LogP contribution < -0.4 is 5.32 Å². The Balaban J connectivity index is 1.58. The van der Waals surface area contributed by atoms with Crippen LogP contribution in [0.25, 0.3) is 0 Å². The molecule has 1 aromatic heterocycles. The van der Waals surface area contributed by atoms with E-state index in [2.05, 4.69) is 5.32 Å². The minimum atomic E-state index is 0.0559. The van der Waals surface area contributed by atoms with E-state index in [9.17, 15) is 4.79 Å². The van der Waals surface area contributed by atoms with E-state index in [1.807, 2.05) is 17.9 Å². The van der Waals surface area contributed by atoms with Gasteiger partial charge in [-0.3, -0.25) is 4.79 Å². The summed E-state index contributed by atoms with van der Waals surface area (Å²) >= 11 is 0. The van der Waals surface area contributed by atoms with Gasteiger partial charge in [-0.05, 0) is 51.1 Å². The zero-order valence-corrected chi connectivity index (χ0v) is 11.5. The fourth-order valence-corrected chi connectivity index (χ4v) is 3.35. The molecule has 0 spiro atoms. The predicted molar refractivity (Wildman–Crippen MR) is 73.1 cm³/mol. The second-order valence-corrected chi connectivity index (χ2v) is 5.77. The lowest BCUT2D eigenvalue weighted by molar-refractivity contribution is 0.0641. The molecular weight excluding hydrogens is 240 g/mol. The largest absolute Gasteiger partial charge is 0.459 e. The number of nitrogens with one attached hydrogen (secondary N) is 1. The van der Waals surface area contributed by atoms with E-state index in [1.165, 1.54) is 12.8 Å². The van der Waals surface area contributed by atoms with Crippen LogP contribution in [0.15, 0.2) is 16.7 Å². The van der Waals surface area contributed by atoms with Gasteiger partial charge in [0.25, 0.3) is 5.91 Å². The minimum Gasteiger partial charge on any atom is -0.459 e. The van der Waals surface area contributed by atoms with Gasteiger partial charge in [-0.1, -0.05) is 0 Å². The third kappa shape index (κ3) is 2.54. The zero-order valence-electron chi connectivity index (χ0n) is 11.5. The Hall–Kier alpha value is -1.29. The molecule has 3 heterocycles. The number of carbonyl (C=O) groups is 1. The van der Waals surface area contributed by atoms with Crippen molar-refractivity contribution < 1.29 is 9.21 Å². The van der Waals surface area contributed by atoms with Crippen LogP contribution in [0.4, 0.5) is 0 Å². The molecule has 2 aliphatic rings. The Labute approximate surface area is 114 Å².